The number of carboxylic acid groups (broad SMARTS) is 1. The Morgan fingerprint density at radius 1 is 1.38 bits per heavy atom. The summed E-state index contributed by atoms with van der Waals surface area (Å²) >= 11 is 7.15. The highest BCUT2D eigenvalue weighted by Gasteiger charge is 2.35. The molecule has 2 N–H and O–H groups in total. The van der Waals surface area contributed by atoms with Gasteiger partial charge in [-0.05, 0) is 30.7 Å². The van der Waals surface area contributed by atoms with Gasteiger partial charge in [-0.15, -0.1) is 11.3 Å². The van der Waals surface area contributed by atoms with Gasteiger partial charge in [0, 0.05) is 6.54 Å². The lowest BCUT2D eigenvalue weighted by Gasteiger charge is -2.35. The summed E-state index contributed by atoms with van der Waals surface area (Å²) in [5, 5.41) is 13.1. The predicted molar refractivity (Wildman–Crippen MR) is 93.2 cm³/mol. The fourth-order valence-corrected chi connectivity index (χ4v) is 3.90. The zero-order valence-electron chi connectivity index (χ0n) is 13.7. The van der Waals surface area contributed by atoms with E-state index < -0.39 is 48.7 Å². The molecule has 0 aromatic carbocycles. The standard InChI is InChI=1S/C16H18ClFN2O5S/c17-9-4-6-26-14(9)16(25)20-5-2-1-3-11(20)15(24)19-10(7-13(22)23)12(21)8-18/h4,6,10-11H,1-3,5,7-8H2,(H,19,24)(H,22,23)/t10-,11-/m0/s1. The van der Waals surface area contributed by atoms with Crippen molar-refractivity contribution in [2.45, 2.75) is 37.8 Å². The van der Waals surface area contributed by atoms with Crippen LogP contribution in [-0.4, -0.2) is 58.9 Å². The number of halogens is 2. The van der Waals surface area contributed by atoms with Crippen molar-refractivity contribution in [2.24, 2.45) is 0 Å². The lowest BCUT2D eigenvalue weighted by molar-refractivity contribution is -0.140. The summed E-state index contributed by atoms with van der Waals surface area (Å²) in [5.74, 6) is -3.41. The number of amides is 2. The van der Waals surface area contributed by atoms with E-state index in [1.54, 1.807) is 11.4 Å². The van der Waals surface area contributed by atoms with Gasteiger partial charge in [-0.2, -0.15) is 0 Å². The molecule has 0 unspecified atom stereocenters. The average Bonchev–Trinajstić information content (AvgIpc) is 3.05. The van der Waals surface area contributed by atoms with E-state index >= 15 is 0 Å². The quantitative estimate of drug-likeness (QED) is 0.722. The zero-order valence-corrected chi connectivity index (χ0v) is 15.3. The van der Waals surface area contributed by atoms with Gasteiger partial charge in [0.25, 0.3) is 5.91 Å². The maximum absolute atomic E-state index is 12.7. The topological polar surface area (TPSA) is 104 Å². The van der Waals surface area contributed by atoms with Crippen molar-refractivity contribution in [1.29, 1.82) is 0 Å². The lowest BCUT2D eigenvalue weighted by Crippen LogP contribution is -2.55. The van der Waals surface area contributed by atoms with E-state index in [1.807, 2.05) is 0 Å². The number of aliphatic carboxylic acids is 1. The minimum atomic E-state index is -1.46. The van der Waals surface area contributed by atoms with Crippen LogP contribution in [0.5, 0.6) is 0 Å². The smallest absolute Gasteiger partial charge is 0.305 e. The first-order valence-electron chi connectivity index (χ1n) is 8.00. The number of likely N-dealkylation sites (tertiary alicyclic amines) is 1. The molecule has 1 aromatic heterocycles. The summed E-state index contributed by atoms with van der Waals surface area (Å²) < 4.78 is 12.6. The van der Waals surface area contributed by atoms with Gasteiger partial charge in [0.15, 0.2) is 5.78 Å². The molecule has 1 aromatic rings. The van der Waals surface area contributed by atoms with Crippen molar-refractivity contribution in [2.75, 3.05) is 13.2 Å². The predicted octanol–water partition coefficient (Wildman–Crippen LogP) is 1.89. The molecule has 1 aliphatic heterocycles. The Labute approximate surface area is 158 Å². The average molecular weight is 405 g/mol. The van der Waals surface area contributed by atoms with E-state index in [-0.39, 0.29) is 0 Å². The first kappa shape index (κ1) is 20.3. The minimum absolute atomic E-state index is 0.293. The molecule has 0 aliphatic carbocycles. The number of carboxylic acids is 1. The van der Waals surface area contributed by atoms with E-state index in [4.69, 9.17) is 16.7 Å². The van der Waals surface area contributed by atoms with Gasteiger partial charge in [0.1, 0.15) is 23.6 Å². The second-order valence-electron chi connectivity index (χ2n) is 5.87. The highest BCUT2D eigenvalue weighted by atomic mass is 35.5. The number of piperidine rings is 1. The Hall–Kier alpha value is -2.00. The third-order valence-electron chi connectivity index (χ3n) is 4.09. The maximum atomic E-state index is 12.7. The Morgan fingerprint density at radius 2 is 2.12 bits per heavy atom. The molecule has 26 heavy (non-hydrogen) atoms. The van der Waals surface area contributed by atoms with Gasteiger partial charge < -0.3 is 15.3 Å². The van der Waals surface area contributed by atoms with Gasteiger partial charge in [0.05, 0.1) is 11.4 Å². The summed E-state index contributed by atoms with van der Waals surface area (Å²) in [7, 11) is 0. The number of nitrogens with zero attached hydrogens (tertiary/aromatic N) is 1. The van der Waals surface area contributed by atoms with Gasteiger partial charge in [-0.3, -0.25) is 19.2 Å². The van der Waals surface area contributed by atoms with E-state index in [2.05, 4.69) is 5.32 Å². The molecular weight excluding hydrogens is 387 g/mol. The molecule has 2 heterocycles. The van der Waals surface area contributed by atoms with Crippen LogP contribution in [0.3, 0.4) is 0 Å². The lowest BCUT2D eigenvalue weighted by atomic mass is 10.00. The molecule has 10 heteroatoms. The number of ketones is 1. The zero-order chi connectivity index (χ0) is 19.3. The normalized spacial score (nSPS) is 18.2. The Bertz CT molecular complexity index is 711. The fraction of sp³-hybridized carbons (Fsp3) is 0.500. The molecule has 1 aliphatic rings. The molecule has 2 rings (SSSR count). The van der Waals surface area contributed by atoms with E-state index in [0.29, 0.717) is 35.7 Å². The molecule has 2 amide bonds. The van der Waals surface area contributed by atoms with Crippen molar-refractivity contribution in [1.82, 2.24) is 10.2 Å². The Morgan fingerprint density at radius 3 is 2.69 bits per heavy atom. The number of hydrogen-bond donors (Lipinski definition) is 2. The summed E-state index contributed by atoms with van der Waals surface area (Å²) in [6.07, 6.45) is 1.05. The van der Waals surface area contributed by atoms with Crippen LogP contribution in [0.15, 0.2) is 11.4 Å². The monoisotopic (exact) mass is 404 g/mol. The number of carbonyl (C=O) groups excluding carboxylic acids is 3. The van der Waals surface area contributed by atoms with Crippen LogP contribution >= 0.6 is 22.9 Å². The van der Waals surface area contributed by atoms with Crippen LogP contribution in [0, 0.1) is 0 Å². The number of rotatable bonds is 7. The summed E-state index contributed by atoms with van der Waals surface area (Å²) in [6, 6.07) is -0.742. The highest BCUT2D eigenvalue weighted by molar-refractivity contribution is 7.12. The molecule has 7 nitrogen and oxygen atoms in total. The Kier molecular flexibility index (Phi) is 7.10. The van der Waals surface area contributed by atoms with Crippen LogP contribution < -0.4 is 5.32 Å². The first-order chi connectivity index (χ1) is 12.3. The molecule has 1 saturated heterocycles. The number of nitrogens with one attached hydrogen (secondary N) is 1. The van der Waals surface area contributed by atoms with E-state index in [9.17, 15) is 23.6 Å². The second-order valence-corrected chi connectivity index (χ2v) is 7.19. The summed E-state index contributed by atoms with van der Waals surface area (Å²) in [5.41, 5.74) is 0. The molecule has 1 fully saturated rings. The van der Waals surface area contributed by atoms with Crippen LogP contribution in [0.1, 0.15) is 35.4 Å². The number of carbonyl (C=O) groups is 4. The fourth-order valence-electron chi connectivity index (χ4n) is 2.81. The van der Waals surface area contributed by atoms with Gasteiger partial charge in [0.2, 0.25) is 5.91 Å². The van der Waals surface area contributed by atoms with Gasteiger partial charge in [-0.1, -0.05) is 11.6 Å². The molecule has 0 bridgehead atoms. The van der Waals surface area contributed by atoms with Crippen molar-refractivity contribution >= 4 is 46.5 Å². The molecular formula is C16H18ClFN2O5S. The van der Waals surface area contributed by atoms with Crippen molar-refractivity contribution < 1.29 is 28.7 Å². The highest BCUT2D eigenvalue weighted by Crippen LogP contribution is 2.27. The SMILES string of the molecule is O=C(O)C[C@H](NC(=O)[C@@H]1CCCCN1C(=O)c1sccc1Cl)C(=O)CF. The van der Waals surface area contributed by atoms with Crippen LogP contribution in [0.25, 0.3) is 0 Å². The van der Waals surface area contributed by atoms with E-state index in [1.165, 1.54) is 4.90 Å². The van der Waals surface area contributed by atoms with Crippen molar-refractivity contribution in [3.8, 4) is 0 Å². The summed E-state index contributed by atoms with van der Waals surface area (Å²) in [4.78, 5) is 49.4. The summed E-state index contributed by atoms with van der Waals surface area (Å²) in [6.45, 7) is -1.04. The second kappa shape index (κ2) is 9.09. The number of Topliss-reactive ketones (excluding diaryl/α,β-unsaturated/α-hetero) is 1. The van der Waals surface area contributed by atoms with Crippen LogP contribution in [0.2, 0.25) is 5.02 Å². The maximum Gasteiger partial charge on any atom is 0.305 e. The third-order valence-corrected chi connectivity index (χ3v) is 5.42. The van der Waals surface area contributed by atoms with E-state index in [0.717, 1.165) is 11.3 Å². The minimum Gasteiger partial charge on any atom is -0.481 e. The van der Waals surface area contributed by atoms with Crippen LogP contribution in [-0.2, 0) is 14.4 Å². The molecule has 0 spiro atoms. The number of alkyl halides is 1. The molecule has 0 saturated carbocycles. The number of thiophene rings is 1. The molecule has 0 radical (unpaired) electrons. The van der Waals surface area contributed by atoms with Crippen molar-refractivity contribution in [3.05, 3.63) is 21.3 Å². The molecule has 142 valence electrons. The first-order valence-corrected chi connectivity index (χ1v) is 9.25. The van der Waals surface area contributed by atoms with Gasteiger partial charge >= 0.3 is 5.97 Å². The third kappa shape index (κ3) is 4.79. The largest absolute Gasteiger partial charge is 0.481 e. The molecule has 2 atom stereocenters. The number of hydrogen-bond acceptors (Lipinski definition) is 5. The van der Waals surface area contributed by atoms with Gasteiger partial charge in [-0.25, -0.2) is 4.39 Å². The Balaban J connectivity index is 2.16. The van der Waals surface area contributed by atoms with Crippen LogP contribution in [0.4, 0.5) is 4.39 Å². The van der Waals surface area contributed by atoms with Crippen molar-refractivity contribution in [3.63, 3.8) is 0 Å².